The summed E-state index contributed by atoms with van der Waals surface area (Å²) < 4.78 is 5.14. The molecule has 1 heterocycles. The molecule has 1 aromatic carbocycles. The minimum absolute atomic E-state index is 0.734. The normalized spacial score (nSPS) is 17.4. The van der Waals surface area contributed by atoms with E-state index in [-0.39, 0.29) is 0 Å². The van der Waals surface area contributed by atoms with Gasteiger partial charge in [-0.3, -0.25) is 4.90 Å². The van der Waals surface area contributed by atoms with Gasteiger partial charge in [-0.2, -0.15) is 0 Å². The van der Waals surface area contributed by atoms with Gasteiger partial charge in [0.25, 0.3) is 0 Å². The van der Waals surface area contributed by atoms with Crippen molar-refractivity contribution >= 4 is 11.4 Å². The summed E-state index contributed by atoms with van der Waals surface area (Å²) in [5, 5.41) is 3.39. The lowest BCUT2D eigenvalue weighted by atomic mass is 10.2. The van der Waals surface area contributed by atoms with Crippen LogP contribution in [-0.2, 0) is 0 Å². The molecule has 0 amide bonds. The number of hydrogen-bond acceptors (Lipinski definition) is 5. The van der Waals surface area contributed by atoms with Gasteiger partial charge in [0.1, 0.15) is 5.75 Å². The van der Waals surface area contributed by atoms with Gasteiger partial charge in [0.15, 0.2) is 0 Å². The Bertz CT molecular complexity index is 402. The zero-order valence-electron chi connectivity index (χ0n) is 11.9. The zero-order valence-corrected chi connectivity index (χ0v) is 11.9. The van der Waals surface area contributed by atoms with E-state index >= 15 is 0 Å². The SMILES string of the molecule is COc1ccc(NCCN2CCN(C)CC2)c(N)c1. The molecule has 106 valence electrons. The number of anilines is 2. The first-order valence-electron chi connectivity index (χ1n) is 6.77. The summed E-state index contributed by atoms with van der Waals surface area (Å²) in [5.74, 6) is 0.794. The fourth-order valence-electron chi connectivity index (χ4n) is 2.25. The van der Waals surface area contributed by atoms with Gasteiger partial charge in [0.05, 0.1) is 18.5 Å². The first-order valence-corrected chi connectivity index (χ1v) is 6.77. The quantitative estimate of drug-likeness (QED) is 0.775. The van der Waals surface area contributed by atoms with Gasteiger partial charge in [0.2, 0.25) is 0 Å². The molecule has 19 heavy (non-hydrogen) atoms. The van der Waals surface area contributed by atoms with E-state index in [9.17, 15) is 0 Å². The highest BCUT2D eigenvalue weighted by Crippen LogP contribution is 2.23. The molecule has 5 heteroatoms. The molecule has 1 aromatic rings. The van der Waals surface area contributed by atoms with Gasteiger partial charge in [-0.1, -0.05) is 0 Å². The minimum Gasteiger partial charge on any atom is -0.497 e. The fraction of sp³-hybridized carbons (Fsp3) is 0.571. The van der Waals surface area contributed by atoms with E-state index in [1.807, 2.05) is 18.2 Å². The average Bonchev–Trinajstić information content (AvgIpc) is 2.42. The van der Waals surface area contributed by atoms with Gasteiger partial charge in [0, 0.05) is 45.3 Å². The predicted molar refractivity (Wildman–Crippen MR) is 79.8 cm³/mol. The minimum atomic E-state index is 0.734. The molecule has 0 radical (unpaired) electrons. The van der Waals surface area contributed by atoms with Crippen molar-refractivity contribution in [1.82, 2.24) is 9.80 Å². The van der Waals surface area contributed by atoms with Crippen molar-refractivity contribution in [1.29, 1.82) is 0 Å². The molecule has 2 rings (SSSR count). The van der Waals surface area contributed by atoms with Gasteiger partial charge in [-0.25, -0.2) is 0 Å². The number of piperazine rings is 1. The summed E-state index contributed by atoms with van der Waals surface area (Å²) in [6.07, 6.45) is 0. The summed E-state index contributed by atoms with van der Waals surface area (Å²) in [7, 11) is 3.82. The van der Waals surface area contributed by atoms with Crippen molar-refractivity contribution in [2.24, 2.45) is 0 Å². The van der Waals surface area contributed by atoms with Crippen molar-refractivity contribution < 1.29 is 4.74 Å². The smallest absolute Gasteiger partial charge is 0.121 e. The van der Waals surface area contributed by atoms with Crippen LogP contribution in [-0.4, -0.2) is 63.2 Å². The molecule has 3 N–H and O–H groups in total. The molecule has 0 aromatic heterocycles. The van der Waals surface area contributed by atoms with Gasteiger partial charge < -0.3 is 20.7 Å². The van der Waals surface area contributed by atoms with Crippen LogP contribution < -0.4 is 15.8 Å². The molecule has 0 unspecified atom stereocenters. The van der Waals surface area contributed by atoms with Crippen LogP contribution in [0, 0.1) is 0 Å². The molecule has 1 fully saturated rings. The molecule has 0 atom stereocenters. The second-order valence-corrected chi connectivity index (χ2v) is 5.02. The van der Waals surface area contributed by atoms with Gasteiger partial charge >= 0.3 is 0 Å². The number of likely N-dealkylation sites (N-methyl/N-ethyl adjacent to an activating group) is 1. The number of nitrogens with two attached hydrogens (primary N) is 1. The number of nitrogens with one attached hydrogen (secondary N) is 1. The van der Waals surface area contributed by atoms with Gasteiger partial charge in [-0.15, -0.1) is 0 Å². The Kier molecular flexibility index (Phi) is 4.87. The molecule has 0 aliphatic carbocycles. The van der Waals surface area contributed by atoms with Crippen molar-refractivity contribution in [3.63, 3.8) is 0 Å². The van der Waals surface area contributed by atoms with Crippen LogP contribution in [0.15, 0.2) is 18.2 Å². The van der Waals surface area contributed by atoms with E-state index in [2.05, 4.69) is 22.2 Å². The molecule has 1 aliphatic heterocycles. The molecular formula is C14H24N4O. The summed E-state index contributed by atoms with van der Waals surface area (Å²) >= 11 is 0. The number of nitrogens with zero attached hydrogens (tertiary/aromatic N) is 2. The molecule has 1 saturated heterocycles. The third kappa shape index (κ3) is 4.01. The lowest BCUT2D eigenvalue weighted by molar-refractivity contribution is 0.158. The zero-order chi connectivity index (χ0) is 13.7. The highest BCUT2D eigenvalue weighted by Gasteiger charge is 2.12. The number of nitrogen functional groups attached to an aromatic ring is 1. The van der Waals surface area contributed by atoms with Crippen LogP contribution in [0.2, 0.25) is 0 Å². The van der Waals surface area contributed by atoms with Crippen LogP contribution in [0.25, 0.3) is 0 Å². The van der Waals surface area contributed by atoms with Crippen molar-refractivity contribution in [2.75, 3.05) is 64.5 Å². The highest BCUT2D eigenvalue weighted by atomic mass is 16.5. The largest absolute Gasteiger partial charge is 0.497 e. The lowest BCUT2D eigenvalue weighted by Crippen LogP contribution is -2.45. The molecule has 1 aliphatic rings. The maximum atomic E-state index is 5.97. The van der Waals surface area contributed by atoms with E-state index in [4.69, 9.17) is 10.5 Å². The molecular weight excluding hydrogens is 240 g/mol. The van der Waals surface area contributed by atoms with Crippen LogP contribution in [0.5, 0.6) is 5.75 Å². The third-order valence-electron chi connectivity index (χ3n) is 3.60. The number of hydrogen-bond donors (Lipinski definition) is 2. The standard InChI is InChI=1S/C14H24N4O/c1-17-7-9-18(10-8-17)6-5-16-14-4-3-12(19-2)11-13(14)15/h3-4,11,16H,5-10,15H2,1-2H3. The van der Waals surface area contributed by atoms with Crippen LogP contribution in [0.4, 0.5) is 11.4 Å². The topological polar surface area (TPSA) is 53.8 Å². The Morgan fingerprint density at radius 3 is 2.63 bits per heavy atom. The first kappa shape index (κ1) is 14.0. The fourth-order valence-corrected chi connectivity index (χ4v) is 2.25. The number of benzene rings is 1. The Balaban J connectivity index is 1.76. The molecule has 0 saturated carbocycles. The molecule has 5 nitrogen and oxygen atoms in total. The average molecular weight is 264 g/mol. The molecule has 0 bridgehead atoms. The second kappa shape index (κ2) is 6.63. The maximum Gasteiger partial charge on any atom is 0.121 e. The van der Waals surface area contributed by atoms with Crippen molar-refractivity contribution in [2.45, 2.75) is 0 Å². The number of ether oxygens (including phenoxy) is 1. The highest BCUT2D eigenvalue weighted by molar-refractivity contribution is 5.68. The molecule has 0 spiro atoms. The third-order valence-corrected chi connectivity index (χ3v) is 3.60. The van der Waals surface area contributed by atoms with Crippen LogP contribution in [0.3, 0.4) is 0 Å². The lowest BCUT2D eigenvalue weighted by Gasteiger charge is -2.32. The van der Waals surface area contributed by atoms with E-state index in [1.165, 1.54) is 0 Å². The number of rotatable bonds is 5. The Morgan fingerprint density at radius 1 is 1.26 bits per heavy atom. The van der Waals surface area contributed by atoms with E-state index < -0.39 is 0 Å². The van der Waals surface area contributed by atoms with E-state index in [0.717, 1.165) is 56.4 Å². The summed E-state index contributed by atoms with van der Waals surface area (Å²) in [4.78, 5) is 4.85. The second-order valence-electron chi connectivity index (χ2n) is 5.02. The van der Waals surface area contributed by atoms with Crippen molar-refractivity contribution in [3.8, 4) is 5.75 Å². The summed E-state index contributed by atoms with van der Waals surface area (Å²) in [6.45, 7) is 6.58. The summed E-state index contributed by atoms with van der Waals surface area (Å²) in [6, 6.07) is 5.74. The summed E-state index contributed by atoms with van der Waals surface area (Å²) in [5.41, 5.74) is 7.69. The number of methoxy groups -OCH3 is 1. The Labute approximate surface area is 115 Å². The maximum absolute atomic E-state index is 5.97. The van der Waals surface area contributed by atoms with Crippen molar-refractivity contribution in [3.05, 3.63) is 18.2 Å². The predicted octanol–water partition coefficient (Wildman–Crippen LogP) is 0.937. The van der Waals surface area contributed by atoms with Crippen LogP contribution >= 0.6 is 0 Å². The Hall–Kier alpha value is -1.46. The van der Waals surface area contributed by atoms with Crippen LogP contribution in [0.1, 0.15) is 0 Å². The Morgan fingerprint density at radius 2 is 2.00 bits per heavy atom. The van der Waals surface area contributed by atoms with E-state index in [0.29, 0.717) is 0 Å². The van der Waals surface area contributed by atoms with E-state index in [1.54, 1.807) is 7.11 Å². The first-order chi connectivity index (χ1) is 9.19. The monoisotopic (exact) mass is 264 g/mol. The van der Waals surface area contributed by atoms with Gasteiger partial charge in [-0.05, 0) is 19.2 Å².